The Kier molecular flexibility index (Phi) is 4.92. The Bertz CT molecular complexity index is 1040. The molecular formula is C31H47NO3. The van der Waals surface area contributed by atoms with Crippen molar-refractivity contribution in [2.75, 3.05) is 0 Å². The Balaban J connectivity index is 1.43. The number of carboxylic acids is 1. The fraction of sp³-hybridized carbons (Fsp3) is 0.871. The first-order chi connectivity index (χ1) is 16.3. The van der Waals surface area contributed by atoms with Crippen molar-refractivity contribution in [1.29, 1.82) is 0 Å². The van der Waals surface area contributed by atoms with Crippen LogP contribution >= 0.6 is 0 Å². The number of hydrogen-bond donors (Lipinski definition) is 1. The van der Waals surface area contributed by atoms with Crippen LogP contribution in [0.4, 0.5) is 0 Å². The van der Waals surface area contributed by atoms with E-state index in [1.165, 1.54) is 31.2 Å². The van der Waals surface area contributed by atoms with E-state index in [2.05, 4.69) is 53.6 Å². The van der Waals surface area contributed by atoms with Crippen LogP contribution in [0.5, 0.6) is 0 Å². The monoisotopic (exact) mass is 481 g/mol. The highest BCUT2D eigenvalue weighted by molar-refractivity contribution is 5.76. The van der Waals surface area contributed by atoms with Gasteiger partial charge in [0, 0.05) is 11.0 Å². The molecule has 0 spiro atoms. The van der Waals surface area contributed by atoms with Crippen molar-refractivity contribution in [1.82, 2.24) is 5.16 Å². The van der Waals surface area contributed by atoms with E-state index in [9.17, 15) is 9.90 Å². The molecule has 194 valence electrons. The summed E-state index contributed by atoms with van der Waals surface area (Å²) in [6.45, 7) is 17.3. The molecule has 35 heavy (non-hydrogen) atoms. The first-order valence-corrected chi connectivity index (χ1v) is 14.5. The molecule has 0 amide bonds. The van der Waals surface area contributed by atoms with Crippen molar-refractivity contribution in [3.05, 3.63) is 17.5 Å². The molecule has 0 aromatic carbocycles. The molecule has 0 bridgehead atoms. The van der Waals surface area contributed by atoms with E-state index in [0.29, 0.717) is 35.5 Å². The van der Waals surface area contributed by atoms with E-state index in [1.807, 2.05) is 6.20 Å². The summed E-state index contributed by atoms with van der Waals surface area (Å²) in [5.41, 5.74) is 1.56. The molecule has 0 aliphatic heterocycles. The standard InChI is InChI=1S/C31H47NO3/c1-18(2)20-10-13-31(26(33)34)15-14-29(6)21(24(20)31)8-9-23-28(5)16-19-17-32-35-25(19)27(3,4)22(28)11-12-30(23,29)7/h17-18,20-24H,8-16H2,1-7H3,(H,33,34)/t20-,21+,22-,23+,24+,28-,29+,30+,31-/m0/s1. The SMILES string of the molecule is CC(C)[C@@H]1CC[C@]2(C(=O)O)CC[C@]3(C)[C@H](CC[C@@H]4[C@@]5(C)Cc6cnoc6C(C)(C)[C@@H]5CC[C@]43C)[C@@H]12. The topological polar surface area (TPSA) is 63.3 Å². The molecule has 5 aliphatic carbocycles. The minimum Gasteiger partial charge on any atom is -0.481 e. The summed E-state index contributed by atoms with van der Waals surface area (Å²) >= 11 is 0. The van der Waals surface area contributed by atoms with Crippen LogP contribution in [0.2, 0.25) is 0 Å². The van der Waals surface area contributed by atoms with E-state index < -0.39 is 11.4 Å². The van der Waals surface area contributed by atoms with Gasteiger partial charge in [-0.2, -0.15) is 0 Å². The molecule has 4 saturated carbocycles. The van der Waals surface area contributed by atoms with Gasteiger partial charge in [-0.15, -0.1) is 0 Å². The van der Waals surface area contributed by atoms with Gasteiger partial charge in [-0.3, -0.25) is 4.79 Å². The van der Waals surface area contributed by atoms with Gasteiger partial charge in [0.1, 0.15) is 5.76 Å². The lowest BCUT2D eigenvalue weighted by Gasteiger charge is -2.72. The van der Waals surface area contributed by atoms with Crippen LogP contribution in [-0.2, 0) is 16.6 Å². The molecule has 1 aromatic heterocycles. The Morgan fingerprint density at radius 3 is 2.40 bits per heavy atom. The van der Waals surface area contributed by atoms with E-state index in [4.69, 9.17) is 4.52 Å². The Hall–Kier alpha value is -1.32. The fourth-order valence-electron chi connectivity index (χ4n) is 12.0. The Morgan fingerprint density at radius 1 is 0.971 bits per heavy atom. The van der Waals surface area contributed by atoms with Gasteiger partial charge in [0.25, 0.3) is 0 Å². The van der Waals surface area contributed by atoms with E-state index in [0.717, 1.165) is 37.9 Å². The second-order valence-corrected chi connectivity index (χ2v) is 15.2. The largest absolute Gasteiger partial charge is 0.481 e. The fourth-order valence-corrected chi connectivity index (χ4v) is 12.0. The molecule has 1 aromatic rings. The van der Waals surface area contributed by atoms with Crippen LogP contribution in [0.15, 0.2) is 10.7 Å². The molecule has 1 N–H and O–H groups in total. The zero-order valence-corrected chi connectivity index (χ0v) is 23.1. The number of carbonyl (C=O) groups is 1. The molecule has 6 rings (SSSR count). The molecule has 0 saturated heterocycles. The Morgan fingerprint density at radius 2 is 1.71 bits per heavy atom. The summed E-state index contributed by atoms with van der Waals surface area (Å²) in [6.07, 6.45) is 12.0. The minimum atomic E-state index is -0.496. The summed E-state index contributed by atoms with van der Waals surface area (Å²) in [5.74, 6) is 3.88. The number of hydrogen-bond acceptors (Lipinski definition) is 3. The third-order valence-electron chi connectivity index (χ3n) is 13.7. The molecule has 5 aliphatic rings. The summed E-state index contributed by atoms with van der Waals surface area (Å²) in [4.78, 5) is 12.9. The number of aliphatic carboxylic acids is 1. The van der Waals surface area contributed by atoms with Gasteiger partial charge in [-0.05, 0) is 110 Å². The maximum absolute atomic E-state index is 12.9. The highest BCUT2D eigenvalue weighted by Gasteiger charge is 2.72. The third-order valence-corrected chi connectivity index (χ3v) is 13.7. The lowest BCUT2D eigenvalue weighted by atomic mass is 9.32. The molecular weight excluding hydrogens is 434 g/mol. The van der Waals surface area contributed by atoms with Crippen LogP contribution in [-0.4, -0.2) is 16.2 Å². The predicted octanol–water partition coefficient (Wildman–Crippen LogP) is 7.51. The van der Waals surface area contributed by atoms with E-state index in [1.54, 1.807) is 0 Å². The average Bonchev–Trinajstić information content (AvgIpc) is 3.39. The van der Waals surface area contributed by atoms with Crippen molar-refractivity contribution in [3.63, 3.8) is 0 Å². The maximum atomic E-state index is 12.9. The minimum absolute atomic E-state index is 0.0110. The van der Waals surface area contributed by atoms with Crippen molar-refractivity contribution >= 4 is 5.97 Å². The zero-order chi connectivity index (χ0) is 25.2. The molecule has 1 heterocycles. The highest BCUT2D eigenvalue weighted by atomic mass is 16.5. The van der Waals surface area contributed by atoms with Gasteiger partial charge in [0.05, 0.1) is 11.6 Å². The zero-order valence-electron chi connectivity index (χ0n) is 23.1. The average molecular weight is 482 g/mol. The lowest BCUT2D eigenvalue weighted by Crippen LogP contribution is -2.66. The maximum Gasteiger partial charge on any atom is 0.309 e. The van der Waals surface area contributed by atoms with Gasteiger partial charge in [-0.1, -0.05) is 53.6 Å². The number of rotatable bonds is 2. The smallest absolute Gasteiger partial charge is 0.309 e. The van der Waals surface area contributed by atoms with Crippen molar-refractivity contribution in [2.45, 2.75) is 112 Å². The van der Waals surface area contributed by atoms with Gasteiger partial charge in [0.2, 0.25) is 0 Å². The second kappa shape index (κ2) is 7.16. The molecule has 4 fully saturated rings. The van der Waals surface area contributed by atoms with Crippen molar-refractivity contribution in [3.8, 4) is 0 Å². The summed E-state index contributed by atoms with van der Waals surface area (Å²) in [5, 5.41) is 14.8. The van der Waals surface area contributed by atoms with Crippen molar-refractivity contribution < 1.29 is 14.4 Å². The Labute approximate surface area is 212 Å². The second-order valence-electron chi connectivity index (χ2n) is 15.2. The quantitative estimate of drug-likeness (QED) is 0.475. The summed E-state index contributed by atoms with van der Waals surface area (Å²) in [6, 6.07) is 0. The highest BCUT2D eigenvalue weighted by Crippen LogP contribution is 2.77. The number of aromatic nitrogens is 1. The van der Waals surface area contributed by atoms with Crippen LogP contribution in [0.25, 0.3) is 0 Å². The van der Waals surface area contributed by atoms with Crippen LogP contribution in [0, 0.1) is 57.2 Å². The van der Waals surface area contributed by atoms with E-state index >= 15 is 0 Å². The lowest BCUT2D eigenvalue weighted by molar-refractivity contribution is -0.230. The first kappa shape index (κ1) is 24.0. The molecule has 0 unspecified atom stereocenters. The van der Waals surface area contributed by atoms with Crippen LogP contribution in [0.1, 0.15) is 111 Å². The molecule has 0 radical (unpaired) electrons. The van der Waals surface area contributed by atoms with Gasteiger partial charge in [-0.25, -0.2) is 0 Å². The molecule has 9 atom stereocenters. The predicted molar refractivity (Wildman–Crippen MR) is 137 cm³/mol. The van der Waals surface area contributed by atoms with Crippen LogP contribution in [0.3, 0.4) is 0 Å². The number of nitrogens with zero attached hydrogens (tertiary/aromatic N) is 1. The van der Waals surface area contributed by atoms with E-state index in [-0.39, 0.29) is 21.7 Å². The number of carboxylic acid groups (broad SMARTS) is 1. The normalized spacial score (nSPS) is 50.0. The van der Waals surface area contributed by atoms with Gasteiger partial charge in [0.15, 0.2) is 0 Å². The summed E-state index contributed by atoms with van der Waals surface area (Å²) < 4.78 is 5.84. The first-order valence-electron chi connectivity index (χ1n) is 14.5. The summed E-state index contributed by atoms with van der Waals surface area (Å²) in [7, 11) is 0. The van der Waals surface area contributed by atoms with Crippen LogP contribution < -0.4 is 0 Å². The third kappa shape index (κ3) is 2.70. The van der Waals surface area contributed by atoms with Crippen molar-refractivity contribution in [2.24, 2.45) is 57.2 Å². The number of fused-ring (bicyclic) bond motifs is 8. The molecule has 4 heteroatoms. The van der Waals surface area contributed by atoms with Gasteiger partial charge >= 0.3 is 5.97 Å². The molecule has 4 nitrogen and oxygen atoms in total. The van der Waals surface area contributed by atoms with Gasteiger partial charge < -0.3 is 9.63 Å².